The fourth-order valence-corrected chi connectivity index (χ4v) is 2.21. The molecule has 0 saturated carbocycles. The van der Waals surface area contributed by atoms with Gasteiger partial charge in [-0.25, -0.2) is 14.4 Å². The number of fused-ring (bicyclic) bond motifs is 1. The van der Waals surface area contributed by atoms with Gasteiger partial charge in [0.15, 0.2) is 11.2 Å². The molecule has 0 unspecified atom stereocenters. The van der Waals surface area contributed by atoms with E-state index in [9.17, 15) is 9.18 Å². The van der Waals surface area contributed by atoms with Gasteiger partial charge in [0.2, 0.25) is 0 Å². The molecule has 8 heteroatoms. The number of hydrogen-bond acceptors (Lipinski definition) is 4. The summed E-state index contributed by atoms with van der Waals surface area (Å²) in [6.07, 6.45) is 1.50. The Balaban J connectivity index is 0.00000176. The molecular weight excluding hydrogens is 309 g/mol. The number of benzene rings is 1. The fourth-order valence-electron chi connectivity index (χ4n) is 2.21. The third-order valence-electron chi connectivity index (χ3n) is 3.17. The van der Waals surface area contributed by atoms with Crippen molar-refractivity contribution >= 4 is 23.6 Å². The van der Waals surface area contributed by atoms with Crippen LogP contribution >= 0.6 is 12.4 Å². The van der Waals surface area contributed by atoms with Gasteiger partial charge in [0, 0.05) is 5.56 Å². The Morgan fingerprint density at radius 1 is 1.36 bits per heavy atom. The highest BCUT2D eigenvalue weighted by Gasteiger charge is 2.11. The van der Waals surface area contributed by atoms with E-state index in [1.807, 2.05) is 0 Å². The van der Waals surface area contributed by atoms with Crippen molar-refractivity contribution in [1.82, 2.24) is 24.8 Å². The maximum Gasteiger partial charge on any atom is 0.277 e. The molecule has 0 amide bonds. The highest BCUT2D eigenvalue weighted by molar-refractivity contribution is 5.85. The Hall–Kier alpha value is -2.25. The number of H-pyrrole nitrogens is 1. The molecule has 2 N–H and O–H groups in total. The van der Waals surface area contributed by atoms with E-state index >= 15 is 0 Å². The standard InChI is InChI=1S/C14H14FN5O.ClH/c1-16-6-11-18-13-12(14(21)19-11)20(8-17-13)7-9-4-2-3-5-10(9)15;/h2-5,8,16H,6-7H2,1H3,(H,18,19,21);1H. The lowest BCUT2D eigenvalue weighted by atomic mass is 10.2. The highest BCUT2D eigenvalue weighted by Crippen LogP contribution is 2.12. The summed E-state index contributed by atoms with van der Waals surface area (Å²) < 4.78 is 15.3. The molecule has 3 aromatic rings. The van der Waals surface area contributed by atoms with Crippen molar-refractivity contribution < 1.29 is 4.39 Å². The number of nitrogens with one attached hydrogen (secondary N) is 2. The normalized spacial score (nSPS) is 10.6. The lowest BCUT2D eigenvalue weighted by Crippen LogP contribution is -2.18. The molecule has 0 spiro atoms. The largest absolute Gasteiger partial charge is 0.320 e. The molecule has 0 bridgehead atoms. The molecule has 0 radical (unpaired) electrons. The molecule has 2 aromatic heterocycles. The Bertz CT molecular complexity index is 845. The van der Waals surface area contributed by atoms with Crippen LogP contribution in [0.4, 0.5) is 4.39 Å². The molecule has 0 fully saturated rings. The van der Waals surface area contributed by atoms with Gasteiger partial charge in [0.25, 0.3) is 5.56 Å². The molecule has 3 rings (SSSR count). The zero-order valence-electron chi connectivity index (χ0n) is 11.8. The highest BCUT2D eigenvalue weighted by atomic mass is 35.5. The number of aromatic nitrogens is 4. The third kappa shape index (κ3) is 3.00. The summed E-state index contributed by atoms with van der Waals surface area (Å²) in [4.78, 5) is 23.2. The minimum atomic E-state index is -0.310. The number of halogens is 2. The van der Waals surface area contributed by atoms with Crippen LogP contribution in [0.2, 0.25) is 0 Å². The van der Waals surface area contributed by atoms with E-state index in [2.05, 4.69) is 20.3 Å². The first kappa shape index (κ1) is 16.1. The SMILES string of the molecule is CNCc1nc2ncn(Cc3ccccc3F)c2c(=O)[nH]1.Cl. The van der Waals surface area contributed by atoms with Crippen LogP contribution in [0.3, 0.4) is 0 Å². The fraction of sp³-hybridized carbons (Fsp3) is 0.214. The minimum absolute atomic E-state index is 0. The van der Waals surface area contributed by atoms with Crippen LogP contribution in [0, 0.1) is 5.82 Å². The Morgan fingerprint density at radius 2 is 2.14 bits per heavy atom. The van der Waals surface area contributed by atoms with E-state index in [-0.39, 0.29) is 30.3 Å². The average molecular weight is 324 g/mol. The Kier molecular flexibility index (Phi) is 4.89. The lowest BCUT2D eigenvalue weighted by molar-refractivity contribution is 0.601. The summed E-state index contributed by atoms with van der Waals surface area (Å²) in [6, 6.07) is 6.45. The molecule has 0 atom stereocenters. The lowest BCUT2D eigenvalue weighted by Gasteiger charge is -2.05. The van der Waals surface area contributed by atoms with E-state index < -0.39 is 0 Å². The van der Waals surface area contributed by atoms with Crippen molar-refractivity contribution in [3.8, 4) is 0 Å². The quantitative estimate of drug-likeness (QED) is 0.762. The van der Waals surface area contributed by atoms with E-state index in [1.165, 1.54) is 12.4 Å². The van der Waals surface area contributed by atoms with Crippen molar-refractivity contribution in [2.75, 3.05) is 7.05 Å². The molecular formula is C14H15ClFN5O. The summed E-state index contributed by atoms with van der Waals surface area (Å²) >= 11 is 0. The second-order valence-electron chi connectivity index (χ2n) is 4.68. The smallest absolute Gasteiger partial charge is 0.277 e. The zero-order chi connectivity index (χ0) is 14.8. The maximum absolute atomic E-state index is 13.7. The van der Waals surface area contributed by atoms with Crippen LogP contribution in [-0.2, 0) is 13.1 Å². The summed E-state index contributed by atoms with van der Waals surface area (Å²) in [7, 11) is 1.76. The third-order valence-corrected chi connectivity index (χ3v) is 3.17. The molecule has 1 aromatic carbocycles. The number of imidazole rings is 1. The topological polar surface area (TPSA) is 75.6 Å². The van der Waals surface area contributed by atoms with Gasteiger partial charge in [-0.2, -0.15) is 0 Å². The van der Waals surface area contributed by atoms with Gasteiger partial charge < -0.3 is 14.9 Å². The predicted molar refractivity (Wildman–Crippen MR) is 83.7 cm³/mol. The molecule has 0 saturated heterocycles. The maximum atomic E-state index is 13.7. The first-order valence-electron chi connectivity index (χ1n) is 6.51. The van der Waals surface area contributed by atoms with Crippen LogP contribution in [0.5, 0.6) is 0 Å². The summed E-state index contributed by atoms with van der Waals surface area (Å²) in [6.45, 7) is 0.685. The first-order valence-corrected chi connectivity index (χ1v) is 6.51. The Morgan fingerprint density at radius 3 is 2.86 bits per heavy atom. The summed E-state index contributed by atoms with van der Waals surface area (Å²) in [5.41, 5.74) is 0.924. The molecule has 0 aliphatic heterocycles. The van der Waals surface area contributed by atoms with Crippen molar-refractivity contribution in [3.05, 3.63) is 58.2 Å². The Labute approximate surface area is 131 Å². The minimum Gasteiger partial charge on any atom is -0.320 e. The van der Waals surface area contributed by atoms with Crippen LogP contribution in [-0.4, -0.2) is 26.6 Å². The van der Waals surface area contributed by atoms with Crippen molar-refractivity contribution in [2.24, 2.45) is 0 Å². The van der Waals surface area contributed by atoms with Crippen LogP contribution < -0.4 is 10.9 Å². The van der Waals surface area contributed by atoms with Gasteiger partial charge in [-0.15, -0.1) is 12.4 Å². The van der Waals surface area contributed by atoms with Gasteiger partial charge in [0.05, 0.1) is 19.4 Å². The van der Waals surface area contributed by atoms with Crippen molar-refractivity contribution in [3.63, 3.8) is 0 Å². The van der Waals surface area contributed by atoms with E-state index in [4.69, 9.17) is 0 Å². The second kappa shape index (κ2) is 6.67. The van der Waals surface area contributed by atoms with Gasteiger partial charge in [0.1, 0.15) is 11.6 Å². The molecule has 22 heavy (non-hydrogen) atoms. The van der Waals surface area contributed by atoms with Crippen molar-refractivity contribution in [1.29, 1.82) is 0 Å². The second-order valence-corrected chi connectivity index (χ2v) is 4.68. The summed E-state index contributed by atoms with van der Waals surface area (Å²) in [5.74, 6) is 0.210. The number of hydrogen-bond donors (Lipinski definition) is 2. The van der Waals surface area contributed by atoms with Crippen LogP contribution in [0.15, 0.2) is 35.4 Å². The number of rotatable bonds is 4. The van der Waals surface area contributed by atoms with Gasteiger partial charge in [-0.05, 0) is 13.1 Å². The van der Waals surface area contributed by atoms with E-state index in [0.29, 0.717) is 29.1 Å². The van der Waals surface area contributed by atoms with Crippen molar-refractivity contribution in [2.45, 2.75) is 13.1 Å². The van der Waals surface area contributed by atoms with Crippen LogP contribution in [0.25, 0.3) is 11.2 Å². The van der Waals surface area contributed by atoms with Gasteiger partial charge in [-0.3, -0.25) is 4.79 Å². The monoisotopic (exact) mass is 323 g/mol. The molecule has 2 heterocycles. The van der Waals surface area contributed by atoms with Gasteiger partial charge >= 0.3 is 0 Å². The first-order chi connectivity index (χ1) is 10.2. The van der Waals surface area contributed by atoms with Crippen LogP contribution in [0.1, 0.15) is 11.4 Å². The summed E-state index contributed by atoms with van der Waals surface area (Å²) in [5, 5.41) is 2.91. The molecule has 116 valence electrons. The number of aromatic amines is 1. The average Bonchev–Trinajstić information content (AvgIpc) is 2.85. The molecule has 6 nitrogen and oxygen atoms in total. The van der Waals surface area contributed by atoms with E-state index in [0.717, 1.165) is 0 Å². The van der Waals surface area contributed by atoms with Gasteiger partial charge in [-0.1, -0.05) is 18.2 Å². The zero-order valence-corrected chi connectivity index (χ0v) is 12.7. The molecule has 0 aliphatic carbocycles. The number of nitrogens with zero attached hydrogens (tertiary/aromatic N) is 3. The molecule has 0 aliphatic rings. The predicted octanol–water partition coefficient (Wildman–Crippen LogP) is 1.45. The van der Waals surface area contributed by atoms with E-state index in [1.54, 1.807) is 29.8 Å².